The number of aryl methyl sites for hydroxylation is 2. The van der Waals surface area contributed by atoms with Gasteiger partial charge in [0.2, 0.25) is 0 Å². The molecular formula is C24H31N5O2. The molecule has 2 atom stereocenters. The predicted molar refractivity (Wildman–Crippen MR) is 121 cm³/mol. The Bertz CT molecular complexity index is 1010. The lowest BCUT2D eigenvalue weighted by atomic mass is 9.97. The van der Waals surface area contributed by atoms with Gasteiger partial charge in [0.25, 0.3) is 0 Å². The first-order chi connectivity index (χ1) is 14.8. The molecule has 1 fully saturated rings. The molecule has 1 saturated heterocycles. The fourth-order valence-corrected chi connectivity index (χ4v) is 4.48. The van der Waals surface area contributed by atoms with E-state index in [9.17, 15) is 4.79 Å². The number of piperazine rings is 1. The van der Waals surface area contributed by atoms with E-state index >= 15 is 0 Å². The molecule has 2 aromatic rings. The topological polar surface area (TPSA) is 74.8 Å². The van der Waals surface area contributed by atoms with Gasteiger partial charge in [-0.05, 0) is 46.8 Å². The molecule has 0 saturated carbocycles. The first-order valence-corrected chi connectivity index (χ1v) is 11.0. The maximum Gasteiger partial charge on any atom is 0.182 e. The Hall–Kier alpha value is -2.80. The zero-order valence-corrected chi connectivity index (χ0v) is 19.0. The van der Waals surface area contributed by atoms with Gasteiger partial charge in [0.1, 0.15) is 17.5 Å². The molecule has 2 aliphatic rings. The summed E-state index contributed by atoms with van der Waals surface area (Å²) in [5.41, 5.74) is 4.40. The van der Waals surface area contributed by atoms with Crippen LogP contribution in [0, 0.1) is 13.8 Å². The van der Waals surface area contributed by atoms with Gasteiger partial charge < -0.3 is 9.42 Å². The van der Waals surface area contributed by atoms with E-state index in [4.69, 9.17) is 4.52 Å². The van der Waals surface area contributed by atoms with Crippen molar-refractivity contribution in [3.05, 3.63) is 47.1 Å². The Morgan fingerprint density at radius 3 is 2.68 bits per heavy atom. The van der Waals surface area contributed by atoms with E-state index in [1.807, 2.05) is 32.2 Å². The second kappa shape index (κ2) is 8.75. The molecule has 4 rings (SSSR count). The fourth-order valence-electron chi connectivity index (χ4n) is 4.48. The van der Waals surface area contributed by atoms with Crippen molar-refractivity contribution >= 4 is 12.0 Å². The Balaban J connectivity index is 1.47. The summed E-state index contributed by atoms with van der Waals surface area (Å²) in [7, 11) is 0. The van der Waals surface area contributed by atoms with Gasteiger partial charge in [-0.25, -0.2) is 0 Å². The van der Waals surface area contributed by atoms with E-state index < -0.39 is 6.04 Å². The quantitative estimate of drug-likeness (QED) is 0.738. The van der Waals surface area contributed by atoms with E-state index in [1.165, 1.54) is 0 Å². The zero-order valence-electron chi connectivity index (χ0n) is 19.0. The Morgan fingerprint density at radius 2 is 2.03 bits per heavy atom. The number of dihydropyridines is 1. The number of hydrogen-bond acceptors (Lipinski definition) is 7. The standard InChI is InChI=1S/C24H31N5O2/c1-15(2)29-9-8-28(14-17(29)4)20-10-23(30)22(26-13-20)11-21-18(5)31-27-24(21)19-7-6-16(3)25-12-19/h6-7,10,12-13,15,17,22H,8-9,11,14H2,1-5H3/t17-,22?/m0/s1. The third-order valence-electron chi connectivity index (χ3n) is 6.28. The van der Waals surface area contributed by atoms with Gasteiger partial charge >= 0.3 is 0 Å². The second-order valence-electron chi connectivity index (χ2n) is 8.85. The minimum absolute atomic E-state index is 0.0324. The number of nitrogens with zero attached hydrogens (tertiary/aromatic N) is 5. The van der Waals surface area contributed by atoms with Crippen LogP contribution in [0.3, 0.4) is 0 Å². The molecule has 0 aromatic carbocycles. The van der Waals surface area contributed by atoms with Gasteiger partial charge in [0, 0.05) is 73.4 Å². The summed E-state index contributed by atoms with van der Waals surface area (Å²) in [4.78, 5) is 26.7. The molecule has 7 heteroatoms. The summed E-state index contributed by atoms with van der Waals surface area (Å²) in [6.07, 6.45) is 5.87. The highest BCUT2D eigenvalue weighted by Gasteiger charge is 2.29. The van der Waals surface area contributed by atoms with Crippen molar-refractivity contribution < 1.29 is 9.32 Å². The molecule has 0 amide bonds. The molecule has 0 spiro atoms. The summed E-state index contributed by atoms with van der Waals surface area (Å²) in [6, 6.07) is 4.45. The third-order valence-corrected chi connectivity index (χ3v) is 6.28. The number of ketones is 1. The molecule has 7 nitrogen and oxygen atoms in total. The van der Waals surface area contributed by atoms with Crippen molar-refractivity contribution in [3.8, 4) is 11.3 Å². The van der Waals surface area contributed by atoms with Crippen molar-refractivity contribution in [2.75, 3.05) is 19.6 Å². The molecule has 164 valence electrons. The molecule has 0 bridgehead atoms. The van der Waals surface area contributed by atoms with Gasteiger partial charge in [-0.15, -0.1) is 0 Å². The van der Waals surface area contributed by atoms with Gasteiger partial charge in [-0.1, -0.05) is 5.16 Å². The number of rotatable bonds is 5. The van der Waals surface area contributed by atoms with Crippen molar-refractivity contribution in [2.45, 2.75) is 59.2 Å². The fraction of sp³-hybridized carbons (Fsp3) is 0.500. The maximum absolute atomic E-state index is 12.9. The van der Waals surface area contributed by atoms with Crippen molar-refractivity contribution in [2.24, 2.45) is 4.99 Å². The van der Waals surface area contributed by atoms with Gasteiger partial charge in [0.05, 0.1) is 5.70 Å². The number of allylic oxidation sites excluding steroid dienone is 1. The number of hydrogen-bond donors (Lipinski definition) is 0. The normalized spacial score (nSPS) is 22.3. The van der Waals surface area contributed by atoms with Crippen LogP contribution in [-0.2, 0) is 11.2 Å². The van der Waals surface area contributed by atoms with Crippen LogP contribution < -0.4 is 0 Å². The van der Waals surface area contributed by atoms with Crippen LogP contribution in [0.2, 0.25) is 0 Å². The summed E-state index contributed by atoms with van der Waals surface area (Å²) in [5, 5.41) is 4.22. The maximum atomic E-state index is 12.9. The Kier molecular flexibility index (Phi) is 6.05. The number of carbonyl (C=O) groups is 1. The molecule has 4 heterocycles. The van der Waals surface area contributed by atoms with E-state index in [1.54, 1.807) is 12.3 Å². The van der Waals surface area contributed by atoms with Crippen molar-refractivity contribution in [1.82, 2.24) is 19.9 Å². The highest BCUT2D eigenvalue weighted by atomic mass is 16.5. The van der Waals surface area contributed by atoms with Crippen LogP contribution in [0.4, 0.5) is 0 Å². The number of carbonyl (C=O) groups excluding carboxylic acids is 1. The summed E-state index contributed by atoms with van der Waals surface area (Å²) < 4.78 is 5.45. The lowest BCUT2D eigenvalue weighted by Gasteiger charge is -2.43. The Labute approximate surface area is 183 Å². The first-order valence-electron chi connectivity index (χ1n) is 11.0. The highest BCUT2D eigenvalue weighted by molar-refractivity contribution is 6.03. The van der Waals surface area contributed by atoms with Gasteiger partial charge in [-0.3, -0.25) is 19.7 Å². The monoisotopic (exact) mass is 421 g/mol. The van der Waals surface area contributed by atoms with Crippen molar-refractivity contribution in [1.29, 1.82) is 0 Å². The number of pyridine rings is 1. The van der Waals surface area contributed by atoms with Crippen LogP contribution in [0.15, 0.2) is 39.6 Å². The zero-order chi connectivity index (χ0) is 22.1. The molecule has 0 aliphatic carbocycles. The lowest BCUT2D eigenvalue weighted by Crippen LogP contribution is -2.54. The van der Waals surface area contributed by atoms with E-state index in [0.29, 0.717) is 24.3 Å². The average molecular weight is 422 g/mol. The second-order valence-corrected chi connectivity index (χ2v) is 8.85. The smallest absolute Gasteiger partial charge is 0.182 e. The van der Waals surface area contributed by atoms with E-state index in [-0.39, 0.29) is 5.78 Å². The number of aliphatic imine (C=N–C) groups is 1. The van der Waals surface area contributed by atoms with Crippen LogP contribution >= 0.6 is 0 Å². The van der Waals surface area contributed by atoms with Crippen LogP contribution in [0.5, 0.6) is 0 Å². The largest absolute Gasteiger partial charge is 0.367 e. The SMILES string of the molecule is Cc1ccc(-c2noc(C)c2CC2N=CC(N3CCN(C(C)C)[C@@H](C)C3)=CC2=O)cn1. The van der Waals surface area contributed by atoms with E-state index in [0.717, 1.165) is 47.8 Å². The molecule has 2 aliphatic heterocycles. The summed E-state index contributed by atoms with van der Waals surface area (Å²) >= 11 is 0. The minimum atomic E-state index is -0.451. The van der Waals surface area contributed by atoms with Gasteiger partial charge in [0.15, 0.2) is 5.78 Å². The Morgan fingerprint density at radius 1 is 1.23 bits per heavy atom. The molecule has 1 unspecified atom stereocenters. The predicted octanol–water partition coefficient (Wildman–Crippen LogP) is 3.22. The summed E-state index contributed by atoms with van der Waals surface area (Å²) in [5.74, 6) is 0.747. The van der Waals surface area contributed by atoms with Crippen LogP contribution in [0.1, 0.15) is 37.8 Å². The molecule has 31 heavy (non-hydrogen) atoms. The molecular weight excluding hydrogens is 390 g/mol. The molecule has 0 N–H and O–H groups in total. The number of aromatic nitrogens is 2. The van der Waals surface area contributed by atoms with Crippen molar-refractivity contribution in [3.63, 3.8) is 0 Å². The summed E-state index contributed by atoms with van der Waals surface area (Å²) in [6.45, 7) is 13.3. The average Bonchev–Trinajstić information content (AvgIpc) is 3.10. The minimum Gasteiger partial charge on any atom is -0.367 e. The van der Waals surface area contributed by atoms with E-state index in [2.05, 4.69) is 45.7 Å². The van der Waals surface area contributed by atoms with Crippen LogP contribution in [-0.4, -0.2) is 69.7 Å². The molecule has 2 aromatic heterocycles. The van der Waals surface area contributed by atoms with Crippen LogP contribution in [0.25, 0.3) is 11.3 Å². The van der Waals surface area contributed by atoms with Gasteiger partial charge in [-0.2, -0.15) is 0 Å². The lowest BCUT2D eigenvalue weighted by molar-refractivity contribution is -0.115. The first kappa shape index (κ1) is 21.4. The highest BCUT2D eigenvalue weighted by Crippen LogP contribution is 2.28. The third kappa shape index (κ3) is 4.46. The molecule has 0 radical (unpaired) electrons.